The molecule has 0 saturated carbocycles. The van der Waals surface area contributed by atoms with Gasteiger partial charge in [-0.1, -0.05) is 6.07 Å². The van der Waals surface area contributed by atoms with Gasteiger partial charge in [-0.25, -0.2) is 0 Å². The van der Waals surface area contributed by atoms with Crippen LogP contribution in [0.4, 0.5) is 0 Å². The van der Waals surface area contributed by atoms with E-state index in [9.17, 15) is 0 Å². The smallest absolute Gasteiger partial charge is 0.160 e. The van der Waals surface area contributed by atoms with Gasteiger partial charge in [0.15, 0.2) is 11.5 Å². The standard InChI is InChI=1S/C16H26N2O2/c1-12(18-8-7-17-11-13(18)2)9-14-5-6-15(19-3)16(10-14)20-4/h5-6,10,12-13,17H,7-9,11H2,1-4H3. The lowest BCUT2D eigenvalue weighted by Crippen LogP contribution is -2.53. The molecule has 112 valence electrons. The molecule has 0 bridgehead atoms. The number of ether oxygens (including phenoxy) is 2. The van der Waals surface area contributed by atoms with E-state index in [2.05, 4.69) is 36.2 Å². The number of hydrogen-bond acceptors (Lipinski definition) is 4. The maximum Gasteiger partial charge on any atom is 0.160 e. The van der Waals surface area contributed by atoms with Crippen LogP contribution in [-0.4, -0.2) is 50.8 Å². The molecule has 0 amide bonds. The van der Waals surface area contributed by atoms with Crippen LogP contribution in [0.5, 0.6) is 11.5 Å². The summed E-state index contributed by atoms with van der Waals surface area (Å²) in [6.07, 6.45) is 1.03. The zero-order valence-electron chi connectivity index (χ0n) is 13.0. The zero-order chi connectivity index (χ0) is 14.5. The van der Waals surface area contributed by atoms with Gasteiger partial charge in [-0.3, -0.25) is 4.90 Å². The maximum absolute atomic E-state index is 5.38. The summed E-state index contributed by atoms with van der Waals surface area (Å²) in [5.74, 6) is 1.60. The molecule has 1 fully saturated rings. The lowest BCUT2D eigenvalue weighted by Gasteiger charge is -2.38. The normalized spacial score (nSPS) is 21.5. The first-order valence-electron chi connectivity index (χ1n) is 7.33. The summed E-state index contributed by atoms with van der Waals surface area (Å²) in [7, 11) is 3.35. The van der Waals surface area contributed by atoms with E-state index < -0.39 is 0 Å². The third kappa shape index (κ3) is 3.44. The monoisotopic (exact) mass is 278 g/mol. The maximum atomic E-state index is 5.38. The molecule has 1 saturated heterocycles. The molecule has 1 aromatic carbocycles. The van der Waals surface area contributed by atoms with Crippen LogP contribution in [-0.2, 0) is 6.42 Å². The summed E-state index contributed by atoms with van der Waals surface area (Å²) in [6.45, 7) is 7.88. The van der Waals surface area contributed by atoms with Crippen molar-refractivity contribution < 1.29 is 9.47 Å². The first kappa shape index (κ1) is 15.1. The number of nitrogens with zero attached hydrogens (tertiary/aromatic N) is 1. The van der Waals surface area contributed by atoms with E-state index in [4.69, 9.17) is 9.47 Å². The molecule has 4 nitrogen and oxygen atoms in total. The molecule has 0 aliphatic carbocycles. The van der Waals surface area contributed by atoms with Crippen molar-refractivity contribution >= 4 is 0 Å². The quantitative estimate of drug-likeness (QED) is 0.892. The second-order valence-electron chi connectivity index (χ2n) is 5.53. The highest BCUT2D eigenvalue weighted by Crippen LogP contribution is 2.28. The highest BCUT2D eigenvalue weighted by molar-refractivity contribution is 5.43. The zero-order valence-corrected chi connectivity index (χ0v) is 13.0. The van der Waals surface area contributed by atoms with Gasteiger partial charge in [0.2, 0.25) is 0 Å². The van der Waals surface area contributed by atoms with Crippen LogP contribution in [0, 0.1) is 0 Å². The lowest BCUT2D eigenvalue weighted by atomic mass is 10.0. The minimum atomic E-state index is 0.533. The summed E-state index contributed by atoms with van der Waals surface area (Å²) >= 11 is 0. The fourth-order valence-electron chi connectivity index (χ4n) is 2.98. The predicted octanol–water partition coefficient (Wildman–Crippen LogP) is 1.93. The Morgan fingerprint density at radius 1 is 1.30 bits per heavy atom. The molecule has 1 N–H and O–H groups in total. The van der Waals surface area contributed by atoms with Crippen molar-refractivity contribution in [2.45, 2.75) is 32.4 Å². The van der Waals surface area contributed by atoms with Gasteiger partial charge in [-0.15, -0.1) is 0 Å². The van der Waals surface area contributed by atoms with Crippen LogP contribution >= 0.6 is 0 Å². The van der Waals surface area contributed by atoms with Gasteiger partial charge < -0.3 is 14.8 Å². The third-order valence-electron chi connectivity index (χ3n) is 4.10. The molecule has 1 heterocycles. The average molecular weight is 278 g/mol. The third-order valence-corrected chi connectivity index (χ3v) is 4.10. The van der Waals surface area contributed by atoms with Crippen molar-refractivity contribution in [2.24, 2.45) is 0 Å². The van der Waals surface area contributed by atoms with E-state index in [1.807, 2.05) is 6.07 Å². The Morgan fingerprint density at radius 2 is 2.05 bits per heavy atom. The fourth-order valence-corrected chi connectivity index (χ4v) is 2.98. The summed E-state index contributed by atoms with van der Waals surface area (Å²) in [4.78, 5) is 2.58. The molecule has 2 atom stereocenters. The highest BCUT2D eigenvalue weighted by atomic mass is 16.5. The van der Waals surface area contributed by atoms with E-state index >= 15 is 0 Å². The van der Waals surface area contributed by atoms with Crippen LogP contribution in [0.2, 0.25) is 0 Å². The van der Waals surface area contributed by atoms with Crippen molar-refractivity contribution in [1.29, 1.82) is 0 Å². The Labute approximate surface area is 122 Å². The Hall–Kier alpha value is -1.26. The molecule has 2 unspecified atom stereocenters. The van der Waals surface area contributed by atoms with E-state index in [1.165, 1.54) is 5.56 Å². The van der Waals surface area contributed by atoms with Crippen LogP contribution in [0.15, 0.2) is 18.2 Å². The van der Waals surface area contributed by atoms with Crippen molar-refractivity contribution in [3.8, 4) is 11.5 Å². The molecule has 1 aliphatic heterocycles. The fraction of sp³-hybridized carbons (Fsp3) is 0.625. The predicted molar refractivity (Wildman–Crippen MR) is 81.7 cm³/mol. The second kappa shape index (κ2) is 6.95. The Morgan fingerprint density at radius 3 is 2.70 bits per heavy atom. The molecule has 1 aliphatic rings. The van der Waals surface area contributed by atoms with Crippen molar-refractivity contribution in [1.82, 2.24) is 10.2 Å². The van der Waals surface area contributed by atoms with Gasteiger partial charge in [0.1, 0.15) is 0 Å². The minimum absolute atomic E-state index is 0.533. The number of hydrogen-bond donors (Lipinski definition) is 1. The SMILES string of the molecule is COc1ccc(CC(C)N2CCNCC2C)cc1OC. The Bertz CT molecular complexity index is 436. The molecule has 0 spiro atoms. The van der Waals surface area contributed by atoms with Gasteiger partial charge in [-0.05, 0) is 38.0 Å². The molecule has 2 rings (SSSR count). The molecule has 20 heavy (non-hydrogen) atoms. The van der Waals surface area contributed by atoms with E-state index in [-0.39, 0.29) is 0 Å². The number of benzene rings is 1. The molecular formula is C16H26N2O2. The first-order valence-corrected chi connectivity index (χ1v) is 7.33. The number of methoxy groups -OCH3 is 2. The van der Waals surface area contributed by atoms with Crippen LogP contribution in [0.3, 0.4) is 0 Å². The highest BCUT2D eigenvalue weighted by Gasteiger charge is 2.23. The number of rotatable bonds is 5. The Kier molecular flexibility index (Phi) is 5.26. The summed E-state index contributed by atoms with van der Waals surface area (Å²) in [5, 5.41) is 3.44. The largest absolute Gasteiger partial charge is 0.493 e. The van der Waals surface area contributed by atoms with Crippen LogP contribution < -0.4 is 14.8 Å². The first-order chi connectivity index (χ1) is 9.65. The van der Waals surface area contributed by atoms with Gasteiger partial charge in [0, 0.05) is 31.7 Å². The summed E-state index contributed by atoms with van der Waals surface area (Å²) in [6, 6.07) is 7.33. The topological polar surface area (TPSA) is 33.7 Å². The van der Waals surface area contributed by atoms with Crippen LogP contribution in [0.25, 0.3) is 0 Å². The summed E-state index contributed by atoms with van der Waals surface area (Å²) < 4.78 is 10.7. The van der Waals surface area contributed by atoms with Crippen molar-refractivity contribution in [2.75, 3.05) is 33.9 Å². The minimum Gasteiger partial charge on any atom is -0.493 e. The van der Waals surface area contributed by atoms with E-state index in [1.54, 1.807) is 14.2 Å². The van der Waals surface area contributed by atoms with Gasteiger partial charge in [0.05, 0.1) is 14.2 Å². The van der Waals surface area contributed by atoms with Gasteiger partial charge in [-0.2, -0.15) is 0 Å². The lowest BCUT2D eigenvalue weighted by molar-refractivity contribution is 0.125. The number of piperazine rings is 1. The Balaban J connectivity index is 2.05. The molecule has 1 aromatic rings. The van der Waals surface area contributed by atoms with Gasteiger partial charge in [0.25, 0.3) is 0 Å². The van der Waals surface area contributed by atoms with Gasteiger partial charge >= 0.3 is 0 Å². The van der Waals surface area contributed by atoms with E-state index in [0.717, 1.165) is 37.6 Å². The molecule has 0 radical (unpaired) electrons. The van der Waals surface area contributed by atoms with Crippen molar-refractivity contribution in [3.05, 3.63) is 23.8 Å². The number of nitrogens with one attached hydrogen (secondary N) is 1. The second-order valence-corrected chi connectivity index (χ2v) is 5.53. The molecule has 0 aromatic heterocycles. The van der Waals surface area contributed by atoms with Crippen molar-refractivity contribution in [3.63, 3.8) is 0 Å². The van der Waals surface area contributed by atoms with E-state index in [0.29, 0.717) is 12.1 Å². The summed E-state index contributed by atoms with van der Waals surface area (Å²) in [5.41, 5.74) is 1.29. The average Bonchev–Trinajstić information content (AvgIpc) is 2.47. The molecular weight excluding hydrogens is 252 g/mol. The molecule has 4 heteroatoms. The van der Waals surface area contributed by atoms with Crippen LogP contribution in [0.1, 0.15) is 19.4 Å².